The second-order valence-electron chi connectivity index (χ2n) is 4.16. The highest BCUT2D eigenvalue weighted by molar-refractivity contribution is 5.32. The number of hydrogen-bond acceptors (Lipinski definition) is 1. The maximum atomic E-state index is 5.22. The Kier molecular flexibility index (Phi) is 4.34. The summed E-state index contributed by atoms with van der Waals surface area (Å²) in [6.45, 7) is 0.786. The minimum atomic E-state index is 0.428. The molecule has 0 spiro atoms. The average Bonchev–Trinajstić information content (AvgIpc) is 2.42. The van der Waals surface area contributed by atoms with E-state index < -0.39 is 0 Å². The smallest absolute Gasteiger partial charge is 0.0471 e. The topological polar surface area (TPSA) is 9.23 Å². The summed E-state index contributed by atoms with van der Waals surface area (Å²) in [5, 5.41) is 0. The van der Waals surface area contributed by atoms with Gasteiger partial charge < -0.3 is 4.74 Å². The van der Waals surface area contributed by atoms with Crippen LogP contribution in [0, 0.1) is 0 Å². The van der Waals surface area contributed by atoms with Crippen LogP contribution in [0.5, 0.6) is 0 Å². The van der Waals surface area contributed by atoms with Crippen molar-refractivity contribution in [3.05, 3.63) is 71.8 Å². The van der Waals surface area contributed by atoms with E-state index in [1.54, 1.807) is 7.11 Å². The van der Waals surface area contributed by atoms with Gasteiger partial charge in [0.1, 0.15) is 0 Å². The van der Waals surface area contributed by atoms with Crippen LogP contribution in [0.25, 0.3) is 0 Å². The van der Waals surface area contributed by atoms with E-state index in [0.717, 1.165) is 13.0 Å². The molecular formula is C16H18O. The van der Waals surface area contributed by atoms with E-state index in [1.807, 2.05) is 0 Å². The van der Waals surface area contributed by atoms with Crippen molar-refractivity contribution in [1.29, 1.82) is 0 Å². The van der Waals surface area contributed by atoms with Crippen molar-refractivity contribution in [3.63, 3.8) is 0 Å². The summed E-state index contributed by atoms with van der Waals surface area (Å²) < 4.78 is 5.22. The zero-order valence-corrected chi connectivity index (χ0v) is 10.2. The summed E-state index contributed by atoms with van der Waals surface area (Å²) >= 11 is 0. The first-order valence-corrected chi connectivity index (χ1v) is 6.00. The molecule has 0 aliphatic heterocycles. The summed E-state index contributed by atoms with van der Waals surface area (Å²) in [6.07, 6.45) is 1.02. The standard InChI is InChI=1S/C16H18O/c1-17-13-12-16(14-8-4-2-5-9-14)15-10-6-3-7-11-15/h2-11,16H,12-13H2,1H3. The first kappa shape index (κ1) is 11.9. The van der Waals surface area contributed by atoms with Crippen LogP contribution < -0.4 is 0 Å². The van der Waals surface area contributed by atoms with E-state index in [1.165, 1.54) is 11.1 Å². The van der Waals surface area contributed by atoms with Gasteiger partial charge in [-0.1, -0.05) is 60.7 Å². The van der Waals surface area contributed by atoms with Gasteiger partial charge >= 0.3 is 0 Å². The molecule has 88 valence electrons. The van der Waals surface area contributed by atoms with E-state index in [9.17, 15) is 0 Å². The number of hydrogen-bond donors (Lipinski definition) is 0. The fourth-order valence-electron chi connectivity index (χ4n) is 2.13. The summed E-state index contributed by atoms with van der Waals surface area (Å²) in [5.74, 6) is 0.428. The molecule has 2 aromatic carbocycles. The minimum Gasteiger partial charge on any atom is -0.385 e. The van der Waals surface area contributed by atoms with Crippen LogP contribution in [0.1, 0.15) is 23.5 Å². The summed E-state index contributed by atoms with van der Waals surface area (Å²) in [6, 6.07) is 21.2. The highest BCUT2D eigenvalue weighted by Gasteiger charge is 2.12. The Bertz CT molecular complexity index is 382. The molecule has 1 nitrogen and oxygen atoms in total. The Balaban J connectivity index is 2.26. The van der Waals surface area contributed by atoms with Crippen LogP contribution in [0.15, 0.2) is 60.7 Å². The van der Waals surface area contributed by atoms with Gasteiger partial charge in [-0.3, -0.25) is 0 Å². The van der Waals surface area contributed by atoms with Gasteiger partial charge in [0, 0.05) is 19.6 Å². The highest BCUT2D eigenvalue weighted by atomic mass is 16.5. The maximum Gasteiger partial charge on any atom is 0.0471 e. The molecule has 17 heavy (non-hydrogen) atoms. The van der Waals surface area contributed by atoms with Crippen molar-refractivity contribution in [2.75, 3.05) is 13.7 Å². The van der Waals surface area contributed by atoms with E-state index in [0.29, 0.717) is 5.92 Å². The highest BCUT2D eigenvalue weighted by Crippen LogP contribution is 2.27. The van der Waals surface area contributed by atoms with Gasteiger partial charge in [-0.25, -0.2) is 0 Å². The fourth-order valence-corrected chi connectivity index (χ4v) is 2.13. The second kappa shape index (κ2) is 6.21. The van der Waals surface area contributed by atoms with Crippen LogP contribution in [0.4, 0.5) is 0 Å². The lowest BCUT2D eigenvalue weighted by atomic mass is 9.89. The molecule has 0 radical (unpaired) electrons. The van der Waals surface area contributed by atoms with Gasteiger partial charge in [-0.15, -0.1) is 0 Å². The van der Waals surface area contributed by atoms with E-state index in [2.05, 4.69) is 60.7 Å². The largest absolute Gasteiger partial charge is 0.385 e. The van der Waals surface area contributed by atoms with E-state index in [-0.39, 0.29) is 0 Å². The molecule has 0 saturated heterocycles. The van der Waals surface area contributed by atoms with Crippen LogP contribution in [-0.4, -0.2) is 13.7 Å². The Morgan fingerprint density at radius 2 is 1.29 bits per heavy atom. The Morgan fingerprint density at radius 1 is 0.824 bits per heavy atom. The summed E-state index contributed by atoms with van der Waals surface area (Å²) in [4.78, 5) is 0. The fraction of sp³-hybridized carbons (Fsp3) is 0.250. The van der Waals surface area contributed by atoms with Crippen molar-refractivity contribution in [1.82, 2.24) is 0 Å². The van der Waals surface area contributed by atoms with Crippen molar-refractivity contribution >= 4 is 0 Å². The van der Waals surface area contributed by atoms with Gasteiger partial charge in [-0.05, 0) is 17.5 Å². The first-order chi connectivity index (χ1) is 8.42. The van der Waals surface area contributed by atoms with Gasteiger partial charge in [0.05, 0.1) is 0 Å². The number of methoxy groups -OCH3 is 1. The molecule has 0 aliphatic carbocycles. The number of ether oxygens (including phenoxy) is 1. The lowest BCUT2D eigenvalue weighted by Crippen LogP contribution is -2.04. The van der Waals surface area contributed by atoms with Crippen LogP contribution >= 0.6 is 0 Å². The molecule has 2 aromatic rings. The molecule has 0 saturated carbocycles. The molecule has 0 amide bonds. The predicted octanol–water partition coefficient (Wildman–Crippen LogP) is 3.86. The molecule has 0 bridgehead atoms. The van der Waals surface area contributed by atoms with Gasteiger partial charge in [0.2, 0.25) is 0 Å². The van der Waals surface area contributed by atoms with Crippen molar-refractivity contribution in [2.24, 2.45) is 0 Å². The molecule has 0 N–H and O–H groups in total. The van der Waals surface area contributed by atoms with Crippen molar-refractivity contribution < 1.29 is 4.74 Å². The number of benzene rings is 2. The Hall–Kier alpha value is -1.60. The van der Waals surface area contributed by atoms with Crippen molar-refractivity contribution in [3.8, 4) is 0 Å². The molecular weight excluding hydrogens is 208 g/mol. The van der Waals surface area contributed by atoms with Gasteiger partial charge in [0.25, 0.3) is 0 Å². The zero-order valence-electron chi connectivity index (χ0n) is 10.2. The van der Waals surface area contributed by atoms with Crippen LogP contribution in [0.2, 0.25) is 0 Å². The molecule has 0 aliphatic rings. The molecule has 0 aromatic heterocycles. The second-order valence-corrected chi connectivity index (χ2v) is 4.16. The molecule has 0 atom stereocenters. The van der Waals surface area contributed by atoms with Gasteiger partial charge in [0.15, 0.2) is 0 Å². The van der Waals surface area contributed by atoms with Gasteiger partial charge in [-0.2, -0.15) is 0 Å². The molecule has 0 heterocycles. The SMILES string of the molecule is COCCC(c1ccccc1)c1ccccc1. The summed E-state index contributed by atoms with van der Waals surface area (Å²) in [7, 11) is 1.76. The summed E-state index contributed by atoms with van der Waals surface area (Å²) in [5.41, 5.74) is 2.71. The molecule has 1 heteroatoms. The Morgan fingerprint density at radius 3 is 1.71 bits per heavy atom. The number of rotatable bonds is 5. The lowest BCUT2D eigenvalue weighted by molar-refractivity contribution is 0.191. The van der Waals surface area contributed by atoms with Crippen molar-refractivity contribution in [2.45, 2.75) is 12.3 Å². The molecule has 0 unspecified atom stereocenters. The lowest BCUT2D eigenvalue weighted by Gasteiger charge is -2.17. The third kappa shape index (κ3) is 3.18. The molecule has 0 fully saturated rings. The van der Waals surface area contributed by atoms with E-state index in [4.69, 9.17) is 4.74 Å². The average molecular weight is 226 g/mol. The normalized spacial score (nSPS) is 10.7. The first-order valence-electron chi connectivity index (χ1n) is 6.00. The van der Waals surface area contributed by atoms with E-state index >= 15 is 0 Å². The zero-order chi connectivity index (χ0) is 11.9. The third-order valence-corrected chi connectivity index (χ3v) is 3.01. The predicted molar refractivity (Wildman–Crippen MR) is 71.2 cm³/mol. The Labute approximate surface area is 103 Å². The maximum absolute atomic E-state index is 5.22. The molecule has 2 rings (SSSR count). The van der Waals surface area contributed by atoms with Crippen LogP contribution in [0.3, 0.4) is 0 Å². The monoisotopic (exact) mass is 226 g/mol. The third-order valence-electron chi connectivity index (χ3n) is 3.01. The minimum absolute atomic E-state index is 0.428. The quantitative estimate of drug-likeness (QED) is 0.752. The van der Waals surface area contributed by atoms with Crippen LogP contribution in [-0.2, 0) is 4.74 Å².